The second-order valence-electron chi connectivity index (χ2n) is 5.56. The van der Waals surface area contributed by atoms with Crippen LogP contribution in [-0.2, 0) is 9.53 Å². The third-order valence-electron chi connectivity index (χ3n) is 4.00. The summed E-state index contributed by atoms with van der Waals surface area (Å²) in [7, 11) is 5.64. The van der Waals surface area contributed by atoms with Gasteiger partial charge in [0.05, 0.1) is 6.10 Å². The van der Waals surface area contributed by atoms with Crippen LogP contribution in [0.25, 0.3) is 0 Å². The maximum absolute atomic E-state index is 12.1. The number of hydrogen-bond acceptors (Lipinski definition) is 4. The number of para-hydroxylation sites is 1. The standard InChI is InChI=1S/C16H24N2O3/c1-17-11-15(20-3)9-13(17)10-18(2)16(19)12-21-14-7-5-4-6-8-14/h4-8,13,15H,9-12H2,1-3H3/t13-,15-/m0/s1. The van der Waals surface area contributed by atoms with Crippen LogP contribution in [0.5, 0.6) is 5.75 Å². The van der Waals surface area contributed by atoms with E-state index in [1.165, 1.54) is 0 Å². The molecule has 2 rings (SSSR count). The third-order valence-corrected chi connectivity index (χ3v) is 4.00. The van der Waals surface area contributed by atoms with Crippen LogP contribution in [0.3, 0.4) is 0 Å². The molecule has 1 fully saturated rings. The van der Waals surface area contributed by atoms with Crippen molar-refractivity contribution in [2.45, 2.75) is 18.6 Å². The van der Waals surface area contributed by atoms with Crippen molar-refractivity contribution < 1.29 is 14.3 Å². The van der Waals surface area contributed by atoms with Crippen molar-refractivity contribution in [3.63, 3.8) is 0 Å². The van der Waals surface area contributed by atoms with Crippen molar-refractivity contribution in [3.05, 3.63) is 30.3 Å². The van der Waals surface area contributed by atoms with Gasteiger partial charge in [-0.15, -0.1) is 0 Å². The maximum atomic E-state index is 12.1. The van der Waals surface area contributed by atoms with E-state index in [9.17, 15) is 4.79 Å². The number of methoxy groups -OCH3 is 1. The summed E-state index contributed by atoms with van der Waals surface area (Å²) in [6.07, 6.45) is 1.23. The van der Waals surface area contributed by atoms with E-state index in [4.69, 9.17) is 9.47 Å². The highest BCUT2D eigenvalue weighted by molar-refractivity contribution is 5.77. The van der Waals surface area contributed by atoms with Crippen molar-refractivity contribution in [3.8, 4) is 5.75 Å². The van der Waals surface area contributed by atoms with E-state index < -0.39 is 0 Å². The van der Waals surface area contributed by atoms with E-state index in [-0.39, 0.29) is 18.6 Å². The van der Waals surface area contributed by atoms with Crippen molar-refractivity contribution in [1.29, 1.82) is 0 Å². The predicted molar refractivity (Wildman–Crippen MR) is 81.4 cm³/mol. The van der Waals surface area contributed by atoms with Crippen molar-refractivity contribution in [2.24, 2.45) is 0 Å². The molecule has 1 saturated heterocycles. The van der Waals surface area contributed by atoms with Gasteiger partial charge >= 0.3 is 0 Å². The summed E-state index contributed by atoms with van der Waals surface area (Å²) in [6, 6.07) is 9.75. The molecule has 1 aliphatic rings. The summed E-state index contributed by atoms with van der Waals surface area (Å²) >= 11 is 0. The lowest BCUT2D eigenvalue weighted by atomic mass is 10.2. The van der Waals surface area contributed by atoms with Gasteiger partial charge in [0.25, 0.3) is 5.91 Å². The fraction of sp³-hybridized carbons (Fsp3) is 0.562. The molecular weight excluding hydrogens is 268 g/mol. The minimum absolute atomic E-state index is 0.00637. The second-order valence-corrected chi connectivity index (χ2v) is 5.56. The average molecular weight is 292 g/mol. The first-order valence-corrected chi connectivity index (χ1v) is 7.25. The largest absolute Gasteiger partial charge is 0.484 e. The summed E-state index contributed by atoms with van der Waals surface area (Å²) in [5.74, 6) is 0.713. The van der Waals surface area contributed by atoms with Crippen LogP contribution in [0.15, 0.2) is 30.3 Å². The van der Waals surface area contributed by atoms with E-state index in [1.807, 2.05) is 37.4 Å². The van der Waals surface area contributed by atoms with Crippen LogP contribution < -0.4 is 4.74 Å². The van der Waals surface area contributed by atoms with Gasteiger partial charge in [-0.3, -0.25) is 9.69 Å². The molecular formula is C16H24N2O3. The fourth-order valence-corrected chi connectivity index (χ4v) is 2.60. The molecule has 1 amide bonds. The van der Waals surface area contributed by atoms with Crippen LogP contribution in [0.1, 0.15) is 6.42 Å². The van der Waals surface area contributed by atoms with Gasteiger partial charge in [0.15, 0.2) is 6.61 Å². The summed E-state index contributed by atoms with van der Waals surface area (Å²) < 4.78 is 10.9. The molecule has 0 unspecified atom stereocenters. The SMILES string of the molecule is CO[C@H]1C[C@@H](CN(C)C(=O)COc2ccccc2)N(C)C1. The second kappa shape index (κ2) is 7.43. The van der Waals surface area contributed by atoms with Crippen LogP contribution >= 0.6 is 0 Å². The van der Waals surface area contributed by atoms with Gasteiger partial charge in [-0.2, -0.15) is 0 Å². The lowest BCUT2D eigenvalue weighted by Crippen LogP contribution is -2.41. The summed E-state index contributed by atoms with van der Waals surface area (Å²) in [4.78, 5) is 16.1. The Bertz CT molecular complexity index is 452. The number of likely N-dealkylation sites (N-methyl/N-ethyl adjacent to an activating group) is 2. The number of rotatable bonds is 6. The van der Waals surface area contributed by atoms with Gasteiger partial charge in [0.1, 0.15) is 5.75 Å². The third kappa shape index (κ3) is 4.44. The Morgan fingerprint density at radius 2 is 2.10 bits per heavy atom. The van der Waals surface area contributed by atoms with Crippen LogP contribution in [0.4, 0.5) is 0 Å². The Morgan fingerprint density at radius 1 is 1.38 bits per heavy atom. The predicted octanol–water partition coefficient (Wildman–Crippen LogP) is 1.24. The molecule has 0 radical (unpaired) electrons. The summed E-state index contributed by atoms with van der Waals surface area (Å²) in [6.45, 7) is 1.70. The first-order valence-electron chi connectivity index (χ1n) is 7.25. The molecule has 0 spiro atoms. The Balaban J connectivity index is 1.77. The highest BCUT2D eigenvalue weighted by Gasteiger charge is 2.30. The number of carbonyl (C=O) groups excluding carboxylic acids is 1. The minimum Gasteiger partial charge on any atom is -0.484 e. The highest BCUT2D eigenvalue weighted by Crippen LogP contribution is 2.18. The normalized spacial score (nSPS) is 22.2. The molecule has 5 heteroatoms. The van der Waals surface area contributed by atoms with Crippen molar-refractivity contribution in [2.75, 3.05) is 40.9 Å². The molecule has 5 nitrogen and oxygen atoms in total. The van der Waals surface area contributed by atoms with Gasteiger partial charge in [-0.25, -0.2) is 0 Å². The Labute approximate surface area is 126 Å². The first kappa shape index (κ1) is 15.8. The average Bonchev–Trinajstić information content (AvgIpc) is 2.86. The van der Waals surface area contributed by atoms with Gasteiger partial charge < -0.3 is 14.4 Å². The highest BCUT2D eigenvalue weighted by atomic mass is 16.5. The number of benzene rings is 1. The van der Waals surface area contributed by atoms with Crippen molar-refractivity contribution in [1.82, 2.24) is 9.80 Å². The zero-order valence-corrected chi connectivity index (χ0v) is 13.0. The number of ether oxygens (including phenoxy) is 2. The first-order chi connectivity index (χ1) is 10.1. The molecule has 0 aliphatic carbocycles. The van der Waals surface area contributed by atoms with Gasteiger partial charge in [-0.05, 0) is 25.6 Å². The van der Waals surface area contributed by atoms with Crippen molar-refractivity contribution >= 4 is 5.91 Å². The van der Waals surface area contributed by atoms with E-state index >= 15 is 0 Å². The Morgan fingerprint density at radius 3 is 2.71 bits per heavy atom. The van der Waals surface area contributed by atoms with Crippen LogP contribution in [-0.4, -0.2) is 68.8 Å². The zero-order chi connectivity index (χ0) is 15.2. The number of hydrogen-bond donors (Lipinski definition) is 0. The fourth-order valence-electron chi connectivity index (χ4n) is 2.60. The molecule has 0 bridgehead atoms. The number of amides is 1. The molecule has 116 valence electrons. The van der Waals surface area contributed by atoms with E-state index in [1.54, 1.807) is 12.0 Å². The lowest BCUT2D eigenvalue weighted by molar-refractivity contribution is -0.132. The van der Waals surface area contributed by atoms with Gasteiger partial charge in [0, 0.05) is 33.3 Å². The molecule has 0 saturated carbocycles. The van der Waals surface area contributed by atoms with Gasteiger partial charge in [-0.1, -0.05) is 18.2 Å². The van der Waals surface area contributed by atoms with Gasteiger partial charge in [0.2, 0.25) is 0 Å². The molecule has 2 atom stereocenters. The number of nitrogens with zero attached hydrogens (tertiary/aromatic N) is 2. The summed E-state index contributed by atoms with van der Waals surface area (Å²) in [5.41, 5.74) is 0. The minimum atomic E-state index is -0.00637. The quantitative estimate of drug-likeness (QED) is 0.791. The molecule has 1 aromatic rings. The molecule has 0 aromatic heterocycles. The number of carbonyl (C=O) groups is 1. The number of likely N-dealkylation sites (tertiary alicyclic amines) is 1. The maximum Gasteiger partial charge on any atom is 0.260 e. The Kier molecular flexibility index (Phi) is 5.59. The monoisotopic (exact) mass is 292 g/mol. The van der Waals surface area contributed by atoms with Crippen LogP contribution in [0, 0.1) is 0 Å². The van der Waals surface area contributed by atoms with E-state index in [2.05, 4.69) is 11.9 Å². The zero-order valence-electron chi connectivity index (χ0n) is 13.0. The molecule has 21 heavy (non-hydrogen) atoms. The van der Waals surface area contributed by atoms with E-state index in [0.29, 0.717) is 12.6 Å². The molecule has 1 aromatic carbocycles. The van der Waals surface area contributed by atoms with Crippen LogP contribution in [0.2, 0.25) is 0 Å². The smallest absolute Gasteiger partial charge is 0.260 e. The van der Waals surface area contributed by atoms with E-state index in [0.717, 1.165) is 18.7 Å². The summed E-state index contributed by atoms with van der Waals surface area (Å²) in [5, 5.41) is 0. The molecule has 1 heterocycles. The topological polar surface area (TPSA) is 42.0 Å². The Hall–Kier alpha value is -1.59. The molecule has 1 aliphatic heterocycles. The lowest BCUT2D eigenvalue weighted by Gasteiger charge is -2.25. The molecule has 0 N–H and O–H groups in total.